The Labute approximate surface area is 199 Å². The van der Waals surface area contributed by atoms with Gasteiger partial charge in [0.2, 0.25) is 6.08 Å². The second-order valence-corrected chi connectivity index (χ2v) is 8.84. The van der Waals surface area contributed by atoms with E-state index in [1.165, 1.54) is 0 Å². The van der Waals surface area contributed by atoms with Gasteiger partial charge in [0.15, 0.2) is 5.69 Å². The van der Waals surface area contributed by atoms with Gasteiger partial charge in [0, 0.05) is 37.5 Å². The molecule has 1 N–H and O–H groups in total. The van der Waals surface area contributed by atoms with Gasteiger partial charge in [-0.2, -0.15) is 10.1 Å². The highest BCUT2D eigenvalue weighted by Crippen LogP contribution is 2.23. The van der Waals surface area contributed by atoms with Crippen molar-refractivity contribution in [2.24, 2.45) is 4.99 Å². The lowest BCUT2D eigenvalue weighted by Gasteiger charge is -2.36. The number of nitrogens with one attached hydrogen (secondary N) is 1. The molecule has 0 spiro atoms. The average molecular weight is 462 g/mol. The molecule has 1 fully saturated rings. The van der Waals surface area contributed by atoms with Gasteiger partial charge in [0.05, 0.1) is 18.2 Å². The lowest BCUT2D eigenvalue weighted by molar-refractivity contribution is -0.0219. The number of amides is 1. The number of benzene rings is 2. The van der Waals surface area contributed by atoms with E-state index in [1.54, 1.807) is 6.08 Å². The Balaban J connectivity index is 1.32. The first-order valence-corrected chi connectivity index (χ1v) is 11.8. The molecule has 1 aliphatic rings. The first kappa shape index (κ1) is 23.8. The number of ether oxygens (including phenoxy) is 1. The van der Waals surface area contributed by atoms with E-state index in [-0.39, 0.29) is 24.2 Å². The minimum Gasteiger partial charge on any atom is -0.373 e. The highest BCUT2D eigenvalue weighted by molar-refractivity contribution is 6.04. The maximum atomic E-state index is 12.9. The normalized spacial score (nSPS) is 18.7. The summed E-state index contributed by atoms with van der Waals surface area (Å²) in [6.45, 7) is 6.37. The Bertz CT molecular complexity index is 1150. The van der Waals surface area contributed by atoms with Crippen LogP contribution in [0, 0.1) is 0 Å². The summed E-state index contributed by atoms with van der Waals surface area (Å²) >= 11 is 0. The number of hydrogen-bond acceptors (Lipinski definition) is 6. The molecule has 2 atom stereocenters. The number of aliphatic imine (C=N–C) groups is 1. The zero-order valence-corrected chi connectivity index (χ0v) is 19.7. The van der Waals surface area contributed by atoms with Crippen molar-refractivity contribution in [2.75, 3.05) is 19.6 Å². The van der Waals surface area contributed by atoms with Crippen LogP contribution >= 0.6 is 0 Å². The van der Waals surface area contributed by atoms with Crippen LogP contribution in [0.2, 0.25) is 0 Å². The van der Waals surface area contributed by atoms with Crippen LogP contribution in [-0.2, 0) is 16.1 Å². The summed E-state index contributed by atoms with van der Waals surface area (Å²) in [7, 11) is 0. The van der Waals surface area contributed by atoms with E-state index < -0.39 is 0 Å². The Kier molecular flexibility index (Phi) is 7.85. The number of rotatable bonds is 9. The molecule has 2 unspecified atom stereocenters. The molecule has 0 aliphatic carbocycles. The lowest BCUT2D eigenvalue weighted by atomic mass is 10.0. The van der Waals surface area contributed by atoms with Crippen LogP contribution in [0.4, 0.5) is 0 Å². The summed E-state index contributed by atoms with van der Waals surface area (Å²) in [6.07, 6.45) is 2.89. The van der Waals surface area contributed by atoms with E-state index in [2.05, 4.69) is 20.3 Å². The number of aromatic nitrogens is 2. The molecule has 3 aromatic rings. The second-order valence-electron chi connectivity index (χ2n) is 8.84. The topological polar surface area (TPSA) is 88.8 Å². The van der Waals surface area contributed by atoms with E-state index in [1.807, 2.05) is 73.1 Å². The minimum absolute atomic E-state index is 0.0273. The summed E-state index contributed by atoms with van der Waals surface area (Å²) in [5, 5.41) is 8.38. The van der Waals surface area contributed by atoms with Crippen LogP contribution in [0.5, 0.6) is 0 Å². The third kappa shape index (κ3) is 5.59. The van der Waals surface area contributed by atoms with Gasteiger partial charge in [-0.25, -0.2) is 4.79 Å². The maximum Gasteiger partial charge on any atom is 0.272 e. The third-order valence-corrected chi connectivity index (χ3v) is 6.17. The molecule has 178 valence electrons. The maximum absolute atomic E-state index is 12.9. The molecule has 8 heteroatoms. The molecule has 1 saturated heterocycles. The van der Waals surface area contributed by atoms with Gasteiger partial charge in [-0.3, -0.25) is 14.4 Å². The Hall–Kier alpha value is -3.32. The van der Waals surface area contributed by atoms with E-state index in [0.717, 1.165) is 29.4 Å². The van der Waals surface area contributed by atoms with Crippen LogP contribution in [0.25, 0.3) is 10.9 Å². The SMILES string of the molecule is CC(C)n1nc(C(=O)NCCN2CCC(OCc3ccccc3)CC2N=C=O)c2ccccc21. The summed E-state index contributed by atoms with van der Waals surface area (Å²) in [5.41, 5.74) is 2.50. The first-order chi connectivity index (χ1) is 16.6. The van der Waals surface area contributed by atoms with Crippen LogP contribution < -0.4 is 5.32 Å². The highest BCUT2D eigenvalue weighted by atomic mass is 16.5. The smallest absolute Gasteiger partial charge is 0.272 e. The van der Waals surface area contributed by atoms with Crippen LogP contribution in [0.15, 0.2) is 59.6 Å². The Morgan fingerprint density at radius 2 is 1.97 bits per heavy atom. The molecule has 4 rings (SSSR count). The molecule has 0 saturated carbocycles. The van der Waals surface area contributed by atoms with Crippen molar-refractivity contribution in [1.82, 2.24) is 20.0 Å². The molecule has 1 aliphatic heterocycles. The first-order valence-electron chi connectivity index (χ1n) is 11.8. The molecule has 0 bridgehead atoms. The number of piperidine rings is 1. The largest absolute Gasteiger partial charge is 0.373 e. The fraction of sp³-hybridized carbons (Fsp3) is 0.423. The van der Waals surface area contributed by atoms with Crippen molar-refractivity contribution in [2.45, 2.75) is 51.6 Å². The average Bonchev–Trinajstić information content (AvgIpc) is 3.25. The summed E-state index contributed by atoms with van der Waals surface area (Å²) < 4.78 is 7.93. The lowest BCUT2D eigenvalue weighted by Crippen LogP contribution is -2.47. The minimum atomic E-state index is -0.301. The molecule has 1 aromatic heterocycles. The highest BCUT2D eigenvalue weighted by Gasteiger charge is 2.29. The number of isocyanates is 1. The van der Waals surface area contributed by atoms with Crippen molar-refractivity contribution in [3.8, 4) is 0 Å². The standard InChI is InChI=1S/C26H31N5O3/c1-19(2)31-23-11-7-6-10-22(23)25(29-31)26(33)27-13-15-30-14-12-21(16-24(30)28-18-32)34-17-20-8-4-3-5-9-20/h3-11,19,21,24H,12-17H2,1-2H3,(H,27,33). The Morgan fingerprint density at radius 3 is 2.74 bits per heavy atom. The van der Waals surface area contributed by atoms with Crippen LogP contribution in [0.1, 0.15) is 48.8 Å². The summed E-state index contributed by atoms with van der Waals surface area (Å²) in [6, 6.07) is 17.9. The van der Waals surface area contributed by atoms with Crippen molar-refractivity contribution in [3.05, 3.63) is 65.9 Å². The van der Waals surface area contributed by atoms with E-state index >= 15 is 0 Å². The van der Waals surface area contributed by atoms with Gasteiger partial charge in [-0.1, -0.05) is 48.5 Å². The predicted octanol–water partition coefficient (Wildman–Crippen LogP) is 3.69. The number of para-hydroxylation sites is 1. The number of likely N-dealkylation sites (tertiary alicyclic amines) is 1. The molecule has 34 heavy (non-hydrogen) atoms. The van der Waals surface area contributed by atoms with Gasteiger partial charge in [-0.05, 0) is 31.9 Å². The van der Waals surface area contributed by atoms with Gasteiger partial charge < -0.3 is 10.1 Å². The summed E-state index contributed by atoms with van der Waals surface area (Å²) in [4.78, 5) is 30.0. The van der Waals surface area contributed by atoms with Gasteiger partial charge in [0.1, 0.15) is 6.17 Å². The van der Waals surface area contributed by atoms with E-state index in [9.17, 15) is 9.59 Å². The van der Waals surface area contributed by atoms with Crippen molar-refractivity contribution >= 4 is 22.9 Å². The van der Waals surface area contributed by atoms with Crippen LogP contribution in [-0.4, -0.2) is 58.6 Å². The number of carbonyl (C=O) groups is 1. The number of carbonyl (C=O) groups excluding carboxylic acids is 2. The van der Waals surface area contributed by atoms with Gasteiger partial charge in [-0.15, -0.1) is 0 Å². The molecule has 1 amide bonds. The second kappa shape index (κ2) is 11.2. The monoisotopic (exact) mass is 461 g/mol. The van der Waals surface area contributed by atoms with Crippen molar-refractivity contribution in [1.29, 1.82) is 0 Å². The zero-order chi connectivity index (χ0) is 23.9. The van der Waals surface area contributed by atoms with E-state index in [4.69, 9.17) is 4.74 Å². The molecule has 8 nitrogen and oxygen atoms in total. The zero-order valence-electron chi connectivity index (χ0n) is 19.7. The molecule has 2 aromatic carbocycles. The van der Waals surface area contributed by atoms with Crippen molar-refractivity contribution in [3.63, 3.8) is 0 Å². The number of hydrogen-bond donors (Lipinski definition) is 1. The predicted molar refractivity (Wildman–Crippen MR) is 130 cm³/mol. The van der Waals surface area contributed by atoms with Gasteiger partial charge >= 0.3 is 0 Å². The number of fused-ring (bicyclic) bond motifs is 1. The molecular weight excluding hydrogens is 430 g/mol. The van der Waals surface area contributed by atoms with E-state index in [0.29, 0.717) is 31.8 Å². The van der Waals surface area contributed by atoms with Crippen molar-refractivity contribution < 1.29 is 14.3 Å². The van der Waals surface area contributed by atoms with Crippen LogP contribution in [0.3, 0.4) is 0 Å². The fourth-order valence-corrected chi connectivity index (χ4v) is 4.40. The molecule has 2 heterocycles. The fourth-order valence-electron chi connectivity index (χ4n) is 4.40. The van der Waals surface area contributed by atoms with Gasteiger partial charge in [0.25, 0.3) is 5.91 Å². The number of nitrogens with zero attached hydrogens (tertiary/aromatic N) is 4. The third-order valence-electron chi connectivity index (χ3n) is 6.17. The molecule has 0 radical (unpaired) electrons. The Morgan fingerprint density at radius 1 is 1.21 bits per heavy atom. The molecular formula is C26H31N5O3. The summed E-state index contributed by atoms with van der Waals surface area (Å²) in [5.74, 6) is -0.202. The quantitative estimate of drug-likeness (QED) is 0.388.